The molecule has 1 radical (unpaired) electrons. The minimum atomic E-state index is 0.922. The molecule has 0 aromatic rings. The summed E-state index contributed by atoms with van der Waals surface area (Å²) in [5.74, 6) is 4.99. The zero-order valence-corrected chi connectivity index (χ0v) is 7.77. The van der Waals surface area contributed by atoms with Crippen LogP contribution in [0, 0.1) is 23.7 Å². The van der Waals surface area contributed by atoms with E-state index in [1.54, 1.807) is 6.42 Å². The van der Waals surface area contributed by atoms with Crippen molar-refractivity contribution in [2.45, 2.75) is 46.0 Å². The molecule has 2 rings (SSSR count). The molecule has 2 saturated carbocycles. The minimum Gasteiger partial charge on any atom is -0.0651 e. The lowest BCUT2D eigenvalue weighted by molar-refractivity contribution is 0.412. The van der Waals surface area contributed by atoms with Gasteiger partial charge in [-0.05, 0) is 42.9 Å². The molecule has 0 nitrogen and oxygen atoms in total. The largest absolute Gasteiger partial charge is 0.0651 e. The van der Waals surface area contributed by atoms with Crippen molar-refractivity contribution in [2.24, 2.45) is 17.8 Å². The number of hydrogen-bond donors (Lipinski definition) is 0. The summed E-state index contributed by atoms with van der Waals surface area (Å²) >= 11 is 0. The van der Waals surface area contributed by atoms with Gasteiger partial charge in [-0.1, -0.05) is 26.7 Å². The van der Waals surface area contributed by atoms with Gasteiger partial charge in [0.2, 0.25) is 0 Å². The van der Waals surface area contributed by atoms with Gasteiger partial charge >= 0.3 is 0 Å². The van der Waals surface area contributed by atoms with E-state index in [0.29, 0.717) is 0 Å². The Bertz CT molecular complexity index is 139. The van der Waals surface area contributed by atoms with Gasteiger partial charge in [-0.25, -0.2) is 0 Å². The molecule has 2 aliphatic rings. The molecule has 0 heteroatoms. The molecular weight excluding hydrogens is 132 g/mol. The van der Waals surface area contributed by atoms with Gasteiger partial charge in [-0.15, -0.1) is 0 Å². The Labute approximate surface area is 70.4 Å². The molecule has 0 aliphatic heterocycles. The lowest BCUT2D eigenvalue weighted by atomic mass is 9.79. The zero-order valence-electron chi connectivity index (χ0n) is 7.77. The lowest BCUT2D eigenvalue weighted by Crippen LogP contribution is -2.15. The lowest BCUT2D eigenvalue weighted by Gasteiger charge is -2.26. The van der Waals surface area contributed by atoms with E-state index >= 15 is 0 Å². The van der Waals surface area contributed by atoms with Crippen molar-refractivity contribution in [3.05, 3.63) is 5.92 Å². The fraction of sp³-hybridized carbons (Fsp3) is 0.909. The van der Waals surface area contributed by atoms with Crippen LogP contribution in [0.3, 0.4) is 0 Å². The van der Waals surface area contributed by atoms with Crippen LogP contribution in [0.15, 0.2) is 0 Å². The summed E-state index contributed by atoms with van der Waals surface area (Å²) < 4.78 is 0. The SMILES string of the molecule is CCC(C)[C]1CC2CCC1C2. The van der Waals surface area contributed by atoms with Crippen LogP contribution in [0.25, 0.3) is 0 Å². The Hall–Kier alpha value is 0. The van der Waals surface area contributed by atoms with E-state index in [9.17, 15) is 0 Å². The molecule has 3 unspecified atom stereocenters. The van der Waals surface area contributed by atoms with Gasteiger partial charge in [-0.2, -0.15) is 0 Å². The molecule has 0 saturated heterocycles. The van der Waals surface area contributed by atoms with Crippen LogP contribution in [0.5, 0.6) is 0 Å². The highest BCUT2D eigenvalue weighted by atomic mass is 14.5. The minimum absolute atomic E-state index is 0.922. The summed E-state index contributed by atoms with van der Waals surface area (Å²) in [7, 11) is 0. The van der Waals surface area contributed by atoms with E-state index in [-0.39, 0.29) is 0 Å². The van der Waals surface area contributed by atoms with Crippen LogP contribution in [-0.2, 0) is 0 Å². The zero-order chi connectivity index (χ0) is 7.84. The summed E-state index contributed by atoms with van der Waals surface area (Å²) in [5, 5.41) is 0. The summed E-state index contributed by atoms with van der Waals surface area (Å²) in [6.07, 6.45) is 7.44. The van der Waals surface area contributed by atoms with E-state index in [1.165, 1.54) is 25.7 Å². The van der Waals surface area contributed by atoms with Gasteiger partial charge in [-0.3, -0.25) is 0 Å². The molecule has 63 valence electrons. The highest BCUT2D eigenvalue weighted by molar-refractivity contribution is 5.10. The van der Waals surface area contributed by atoms with Crippen LogP contribution < -0.4 is 0 Å². The number of fused-ring (bicyclic) bond motifs is 2. The Kier molecular flexibility index (Phi) is 1.95. The second-order valence-electron chi connectivity index (χ2n) is 4.46. The van der Waals surface area contributed by atoms with Crippen molar-refractivity contribution in [1.82, 2.24) is 0 Å². The Morgan fingerprint density at radius 3 is 2.73 bits per heavy atom. The maximum atomic E-state index is 2.41. The predicted molar refractivity (Wildman–Crippen MR) is 48.1 cm³/mol. The molecule has 11 heavy (non-hydrogen) atoms. The monoisotopic (exact) mass is 151 g/mol. The molecule has 3 atom stereocenters. The standard InChI is InChI=1S/C11H19/c1-3-8(2)11-7-9-4-5-10(11)6-9/h8-10H,3-7H2,1-2H3. The van der Waals surface area contributed by atoms with Crippen molar-refractivity contribution in [3.8, 4) is 0 Å². The van der Waals surface area contributed by atoms with Gasteiger partial charge in [0.15, 0.2) is 0 Å². The summed E-state index contributed by atoms with van der Waals surface area (Å²) in [5.41, 5.74) is 0. The Morgan fingerprint density at radius 1 is 1.45 bits per heavy atom. The maximum Gasteiger partial charge on any atom is -0.0179 e. The van der Waals surface area contributed by atoms with Gasteiger partial charge in [0.05, 0.1) is 0 Å². The summed E-state index contributed by atoms with van der Waals surface area (Å²) in [4.78, 5) is 0. The first-order chi connectivity index (χ1) is 5.31. The molecule has 0 heterocycles. The second-order valence-corrected chi connectivity index (χ2v) is 4.46. The first-order valence-corrected chi connectivity index (χ1v) is 5.16. The van der Waals surface area contributed by atoms with Crippen molar-refractivity contribution >= 4 is 0 Å². The van der Waals surface area contributed by atoms with Crippen LogP contribution in [0.4, 0.5) is 0 Å². The number of hydrogen-bond acceptors (Lipinski definition) is 0. The summed E-state index contributed by atoms with van der Waals surface area (Å²) in [6, 6.07) is 0. The van der Waals surface area contributed by atoms with Crippen molar-refractivity contribution < 1.29 is 0 Å². The average molecular weight is 151 g/mol. The van der Waals surface area contributed by atoms with Crippen LogP contribution in [0.1, 0.15) is 46.0 Å². The van der Waals surface area contributed by atoms with Crippen LogP contribution >= 0.6 is 0 Å². The first kappa shape index (κ1) is 7.64. The molecule has 0 aromatic carbocycles. The Morgan fingerprint density at radius 2 is 2.27 bits per heavy atom. The molecule has 2 fully saturated rings. The van der Waals surface area contributed by atoms with E-state index in [4.69, 9.17) is 0 Å². The highest BCUT2D eigenvalue weighted by Gasteiger charge is 2.41. The van der Waals surface area contributed by atoms with E-state index in [0.717, 1.165) is 17.8 Å². The van der Waals surface area contributed by atoms with E-state index in [1.807, 2.05) is 5.92 Å². The summed E-state index contributed by atoms with van der Waals surface area (Å²) in [6.45, 7) is 4.74. The van der Waals surface area contributed by atoms with Gasteiger partial charge in [0, 0.05) is 0 Å². The third-order valence-electron chi connectivity index (χ3n) is 3.84. The maximum absolute atomic E-state index is 2.41. The topological polar surface area (TPSA) is 0 Å². The first-order valence-electron chi connectivity index (χ1n) is 5.16. The predicted octanol–water partition coefficient (Wildman–Crippen LogP) is 3.43. The Balaban J connectivity index is 1.96. The van der Waals surface area contributed by atoms with Crippen LogP contribution in [0.2, 0.25) is 0 Å². The van der Waals surface area contributed by atoms with Crippen LogP contribution in [-0.4, -0.2) is 0 Å². The molecule has 2 bridgehead atoms. The molecule has 0 N–H and O–H groups in total. The molecule has 0 aromatic heterocycles. The van der Waals surface area contributed by atoms with Crippen molar-refractivity contribution in [2.75, 3.05) is 0 Å². The van der Waals surface area contributed by atoms with Gasteiger partial charge in [0.25, 0.3) is 0 Å². The normalized spacial score (nSPS) is 39.8. The number of rotatable bonds is 2. The molecular formula is C11H19. The highest BCUT2D eigenvalue weighted by Crippen LogP contribution is 2.52. The molecule has 2 aliphatic carbocycles. The fourth-order valence-corrected chi connectivity index (χ4v) is 2.96. The smallest absolute Gasteiger partial charge is 0.0179 e. The van der Waals surface area contributed by atoms with Crippen molar-refractivity contribution in [1.29, 1.82) is 0 Å². The third kappa shape index (κ3) is 1.21. The second kappa shape index (κ2) is 2.80. The quantitative estimate of drug-likeness (QED) is 0.567. The van der Waals surface area contributed by atoms with E-state index in [2.05, 4.69) is 13.8 Å². The molecule has 0 amide bonds. The third-order valence-corrected chi connectivity index (χ3v) is 3.84. The van der Waals surface area contributed by atoms with Gasteiger partial charge in [0.1, 0.15) is 0 Å². The average Bonchev–Trinajstić information content (AvgIpc) is 2.62. The van der Waals surface area contributed by atoms with Gasteiger partial charge < -0.3 is 0 Å². The van der Waals surface area contributed by atoms with Crippen molar-refractivity contribution in [3.63, 3.8) is 0 Å². The van der Waals surface area contributed by atoms with E-state index < -0.39 is 0 Å². The molecule has 0 spiro atoms. The fourth-order valence-electron chi connectivity index (χ4n) is 2.96.